The van der Waals surface area contributed by atoms with Gasteiger partial charge in [0.05, 0.1) is 6.61 Å². The molecule has 1 aliphatic heterocycles. The fourth-order valence-electron chi connectivity index (χ4n) is 1.44. The van der Waals surface area contributed by atoms with Crippen LogP contribution in [0.4, 0.5) is 4.39 Å². The van der Waals surface area contributed by atoms with Gasteiger partial charge in [-0.25, -0.2) is 4.39 Å². The molecule has 63 valence electrons. The van der Waals surface area contributed by atoms with Gasteiger partial charge in [0.15, 0.2) is 0 Å². The predicted octanol–water partition coefficient (Wildman–Crippen LogP) is 2.14. The molecule has 0 aromatic heterocycles. The molecule has 0 atom stereocenters. The SMILES string of the molecule is [CH2]Cc1cc(F)c2c(c1)OCC2. The quantitative estimate of drug-likeness (QED) is 0.619. The molecule has 0 bridgehead atoms. The normalized spacial score (nSPS) is 14.2. The summed E-state index contributed by atoms with van der Waals surface area (Å²) in [6, 6.07) is 3.42. The zero-order valence-electron chi connectivity index (χ0n) is 6.77. The van der Waals surface area contributed by atoms with Crippen molar-refractivity contribution in [1.29, 1.82) is 0 Å². The first kappa shape index (κ1) is 7.59. The zero-order chi connectivity index (χ0) is 8.55. The Kier molecular flexibility index (Phi) is 1.75. The average molecular weight is 165 g/mol. The van der Waals surface area contributed by atoms with E-state index >= 15 is 0 Å². The molecule has 2 heteroatoms. The number of hydrogen-bond donors (Lipinski definition) is 0. The topological polar surface area (TPSA) is 9.23 Å². The Balaban J connectivity index is 2.51. The van der Waals surface area contributed by atoms with Crippen molar-refractivity contribution >= 4 is 0 Å². The van der Waals surface area contributed by atoms with Gasteiger partial charge in [0.2, 0.25) is 0 Å². The standard InChI is InChI=1S/C10H10FO/c1-2-7-5-9(11)8-3-4-12-10(8)6-7/h5-6H,1-4H2. The summed E-state index contributed by atoms with van der Waals surface area (Å²) < 4.78 is 18.5. The highest BCUT2D eigenvalue weighted by Gasteiger charge is 2.16. The molecular weight excluding hydrogens is 155 g/mol. The average Bonchev–Trinajstić information content (AvgIpc) is 2.52. The third-order valence-electron chi connectivity index (χ3n) is 2.11. The van der Waals surface area contributed by atoms with Crippen LogP contribution >= 0.6 is 0 Å². The van der Waals surface area contributed by atoms with Crippen LogP contribution in [0.2, 0.25) is 0 Å². The smallest absolute Gasteiger partial charge is 0.130 e. The van der Waals surface area contributed by atoms with Crippen LogP contribution in [-0.4, -0.2) is 6.61 Å². The van der Waals surface area contributed by atoms with Gasteiger partial charge in [-0.3, -0.25) is 0 Å². The Bertz CT molecular complexity index is 307. The maximum absolute atomic E-state index is 13.2. The van der Waals surface area contributed by atoms with E-state index in [9.17, 15) is 4.39 Å². The number of hydrogen-bond acceptors (Lipinski definition) is 1. The summed E-state index contributed by atoms with van der Waals surface area (Å²) in [7, 11) is 0. The lowest BCUT2D eigenvalue weighted by Gasteiger charge is -2.02. The van der Waals surface area contributed by atoms with Crippen LogP contribution in [0, 0.1) is 12.7 Å². The first-order chi connectivity index (χ1) is 5.81. The first-order valence-corrected chi connectivity index (χ1v) is 4.04. The molecule has 1 nitrogen and oxygen atoms in total. The largest absolute Gasteiger partial charge is 0.493 e. The highest BCUT2D eigenvalue weighted by atomic mass is 19.1. The Labute approximate surface area is 71.2 Å². The van der Waals surface area contributed by atoms with Crippen molar-refractivity contribution < 1.29 is 9.13 Å². The molecule has 2 rings (SSSR count). The minimum atomic E-state index is -0.149. The molecule has 0 aliphatic carbocycles. The molecule has 0 N–H and O–H groups in total. The van der Waals surface area contributed by atoms with E-state index in [0.717, 1.165) is 5.56 Å². The highest BCUT2D eigenvalue weighted by Crippen LogP contribution is 2.29. The van der Waals surface area contributed by atoms with E-state index in [-0.39, 0.29) is 5.82 Å². The Morgan fingerprint density at radius 2 is 2.33 bits per heavy atom. The molecule has 0 spiro atoms. The lowest BCUT2D eigenvalue weighted by molar-refractivity contribution is 0.356. The highest BCUT2D eigenvalue weighted by molar-refractivity contribution is 5.41. The van der Waals surface area contributed by atoms with Crippen molar-refractivity contribution in [3.05, 3.63) is 36.0 Å². The van der Waals surface area contributed by atoms with Crippen LogP contribution in [0.25, 0.3) is 0 Å². The second-order valence-corrected chi connectivity index (χ2v) is 2.90. The van der Waals surface area contributed by atoms with E-state index < -0.39 is 0 Å². The molecule has 0 fully saturated rings. The van der Waals surface area contributed by atoms with Gasteiger partial charge < -0.3 is 4.74 Å². The van der Waals surface area contributed by atoms with Gasteiger partial charge in [0.25, 0.3) is 0 Å². The minimum Gasteiger partial charge on any atom is -0.493 e. The molecular formula is C10H10FO. The second kappa shape index (κ2) is 2.77. The molecule has 0 saturated carbocycles. The van der Waals surface area contributed by atoms with Gasteiger partial charge >= 0.3 is 0 Å². The summed E-state index contributed by atoms with van der Waals surface area (Å²) >= 11 is 0. The fraction of sp³-hybridized carbons (Fsp3) is 0.300. The number of rotatable bonds is 1. The summed E-state index contributed by atoms with van der Waals surface area (Å²) in [4.78, 5) is 0. The van der Waals surface area contributed by atoms with Crippen molar-refractivity contribution in [2.75, 3.05) is 6.61 Å². The third kappa shape index (κ3) is 1.07. The van der Waals surface area contributed by atoms with Crippen LogP contribution < -0.4 is 4.74 Å². The lowest BCUT2D eigenvalue weighted by atomic mass is 10.1. The van der Waals surface area contributed by atoms with Crippen LogP contribution in [-0.2, 0) is 12.8 Å². The molecule has 1 heterocycles. The summed E-state index contributed by atoms with van der Waals surface area (Å²) in [6.07, 6.45) is 1.30. The van der Waals surface area contributed by atoms with Crippen LogP contribution in [0.3, 0.4) is 0 Å². The van der Waals surface area contributed by atoms with E-state index in [2.05, 4.69) is 6.92 Å². The molecule has 0 saturated heterocycles. The number of benzene rings is 1. The summed E-state index contributed by atoms with van der Waals surface area (Å²) in [5.41, 5.74) is 1.61. The molecule has 1 aromatic carbocycles. The summed E-state index contributed by atoms with van der Waals surface area (Å²) in [6.45, 7) is 4.30. The van der Waals surface area contributed by atoms with E-state index in [4.69, 9.17) is 4.74 Å². The van der Waals surface area contributed by atoms with Crippen molar-refractivity contribution in [2.24, 2.45) is 0 Å². The fourth-order valence-corrected chi connectivity index (χ4v) is 1.44. The van der Waals surface area contributed by atoms with Gasteiger partial charge in [-0.05, 0) is 31.0 Å². The van der Waals surface area contributed by atoms with Crippen LogP contribution in [0.15, 0.2) is 12.1 Å². The van der Waals surface area contributed by atoms with Gasteiger partial charge in [-0.2, -0.15) is 0 Å². The van der Waals surface area contributed by atoms with Gasteiger partial charge in [0.1, 0.15) is 11.6 Å². The zero-order valence-corrected chi connectivity index (χ0v) is 6.77. The van der Waals surface area contributed by atoms with Gasteiger partial charge in [0, 0.05) is 12.0 Å². The van der Waals surface area contributed by atoms with Crippen molar-refractivity contribution in [3.8, 4) is 5.75 Å². The van der Waals surface area contributed by atoms with E-state index in [1.54, 1.807) is 6.07 Å². The molecule has 1 aliphatic rings. The second-order valence-electron chi connectivity index (χ2n) is 2.90. The van der Waals surface area contributed by atoms with Crippen LogP contribution in [0.5, 0.6) is 5.75 Å². The first-order valence-electron chi connectivity index (χ1n) is 4.04. The molecule has 1 aromatic rings. The molecule has 12 heavy (non-hydrogen) atoms. The van der Waals surface area contributed by atoms with E-state index in [0.29, 0.717) is 30.8 Å². The Hall–Kier alpha value is -1.05. The maximum atomic E-state index is 13.2. The molecule has 0 unspecified atom stereocenters. The van der Waals surface area contributed by atoms with Gasteiger partial charge in [-0.1, -0.05) is 0 Å². The predicted molar refractivity (Wildman–Crippen MR) is 44.7 cm³/mol. The van der Waals surface area contributed by atoms with E-state index in [1.165, 1.54) is 0 Å². The maximum Gasteiger partial charge on any atom is 0.130 e. The monoisotopic (exact) mass is 165 g/mol. The molecule has 1 radical (unpaired) electrons. The Morgan fingerprint density at radius 1 is 1.50 bits per heavy atom. The molecule has 0 amide bonds. The summed E-state index contributed by atoms with van der Waals surface area (Å²) in [5.74, 6) is 0.553. The number of halogens is 1. The number of fused-ring (bicyclic) bond motifs is 1. The lowest BCUT2D eigenvalue weighted by Crippen LogP contribution is -1.88. The minimum absolute atomic E-state index is 0.149. The van der Waals surface area contributed by atoms with Crippen molar-refractivity contribution in [2.45, 2.75) is 12.8 Å². The van der Waals surface area contributed by atoms with Crippen molar-refractivity contribution in [1.82, 2.24) is 0 Å². The van der Waals surface area contributed by atoms with E-state index in [1.807, 2.05) is 6.07 Å². The number of ether oxygens (including phenoxy) is 1. The summed E-state index contributed by atoms with van der Waals surface area (Å²) in [5, 5.41) is 0. The van der Waals surface area contributed by atoms with Crippen LogP contribution in [0.1, 0.15) is 11.1 Å². The third-order valence-corrected chi connectivity index (χ3v) is 2.11. The van der Waals surface area contributed by atoms with Gasteiger partial charge in [-0.15, -0.1) is 0 Å². The van der Waals surface area contributed by atoms with Crippen molar-refractivity contribution in [3.63, 3.8) is 0 Å². The Morgan fingerprint density at radius 3 is 3.08 bits per heavy atom.